The van der Waals surface area contributed by atoms with Gasteiger partial charge in [-0.2, -0.15) is 18.3 Å². The molecule has 1 amide bonds. The smallest absolute Gasteiger partial charge is 0.416 e. The molecule has 4 rings (SSSR count). The van der Waals surface area contributed by atoms with Crippen LogP contribution in [-0.2, 0) is 15.7 Å². The highest BCUT2D eigenvalue weighted by atomic mass is 35.5. The van der Waals surface area contributed by atoms with E-state index in [1.807, 2.05) is 0 Å². The third kappa shape index (κ3) is 5.34. The minimum absolute atomic E-state index is 0.0179. The van der Waals surface area contributed by atoms with Gasteiger partial charge in [0.1, 0.15) is 0 Å². The summed E-state index contributed by atoms with van der Waals surface area (Å²) in [6, 6.07) is 4.89. The van der Waals surface area contributed by atoms with Crippen molar-refractivity contribution >= 4 is 46.0 Å². The molecule has 2 heterocycles. The molecule has 12 heteroatoms. The molecule has 1 aliphatic rings. The molecule has 1 fully saturated rings. The number of benzene rings is 2. The van der Waals surface area contributed by atoms with Gasteiger partial charge in [0.15, 0.2) is 6.23 Å². The lowest BCUT2D eigenvalue weighted by Gasteiger charge is -2.32. The summed E-state index contributed by atoms with van der Waals surface area (Å²) in [6.45, 7) is 3.88. The monoisotopic (exact) mass is 571 g/mol. The van der Waals surface area contributed by atoms with Gasteiger partial charge in [0.2, 0.25) is 0 Å². The summed E-state index contributed by atoms with van der Waals surface area (Å²) in [4.78, 5) is 26.5. The number of carbonyl (C=O) groups excluding carboxylic acids is 2. The van der Waals surface area contributed by atoms with Crippen LogP contribution < -0.4 is 0 Å². The van der Waals surface area contributed by atoms with Crippen LogP contribution in [-0.4, -0.2) is 51.9 Å². The average Bonchev–Trinajstić information content (AvgIpc) is 3.20. The molecule has 0 radical (unpaired) electrons. The molecule has 1 unspecified atom stereocenters. The van der Waals surface area contributed by atoms with Gasteiger partial charge >= 0.3 is 12.1 Å². The Kier molecular flexibility index (Phi) is 7.97. The number of alkyl halides is 3. The molecule has 204 valence electrons. The van der Waals surface area contributed by atoms with Crippen molar-refractivity contribution in [1.82, 2.24) is 14.7 Å². The molecule has 38 heavy (non-hydrogen) atoms. The van der Waals surface area contributed by atoms with Crippen molar-refractivity contribution in [3.8, 4) is 0 Å². The van der Waals surface area contributed by atoms with Gasteiger partial charge < -0.3 is 14.7 Å². The van der Waals surface area contributed by atoms with Crippen molar-refractivity contribution in [2.45, 2.75) is 45.5 Å². The molecule has 1 aromatic heterocycles. The van der Waals surface area contributed by atoms with Crippen molar-refractivity contribution in [1.29, 1.82) is 0 Å². The fourth-order valence-corrected chi connectivity index (χ4v) is 5.47. The number of ether oxygens (including phenoxy) is 1. The topological polar surface area (TPSA) is 84.7 Å². The third-order valence-corrected chi connectivity index (χ3v) is 7.74. The maximum absolute atomic E-state index is 13.4. The number of fused-ring (bicyclic) bond motifs is 1. The van der Waals surface area contributed by atoms with E-state index in [-0.39, 0.29) is 56.5 Å². The van der Waals surface area contributed by atoms with Gasteiger partial charge in [-0.25, -0.2) is 4.68 Å². The van der Waals surface area contributed by atoms with E-state index in [9.17, 15) is 27.9 Å². The van der Waals surface area contributed by atoms with Crippen molar-refractivity contribution in [2.24, 2.45) is 5.92 Å². The predicted octanol–water partition coefficient (Wildman–Crippen LogP) is 5.93. The van der Waals surface area contributed by atoms with E-state index in [2.05, 4.69) is 5.10 Å². The SMILES string of the molecule is COC(=O)CC1CCN(C(=O)c2ccc(Cl)c(C(O)n3nc4c(C)cc(C(F)(F)F)cc4c3C)c2Cl)CC1. The maximum Gasteiger partial charge on any atom is 0.416 e. The molecule has 1 N–H and O–H groups in total. The summed E-state index contributed by atoms with van der Waals surface area (Å²) < 4.78 is 46.0. The van der Waals surface area contributed by atoms with Crippen LogP contribution in [0.25, 0.3) is 10.9 Å². The molecule has 2 aromatic carbocycles. The van der Waals surface area contributed by atoms with Crippen molar-refractivity contribution in [2.75, 3.05) is 20.2 Å². The van der Waals surface area contributed by atoms with E-state index < -0.39 is 18.0 Å². The zero-order chi connectivity index (χ0) is 27.9. The van der Waals surface area contributed by atoms with Crippen LogP contribution in [0.1, 0.15) is 58.2 Å². The zero-order valence-corrected chi connectivity index (χ0v) is 22.4. The van der Waals surface area contributed by atoms with Crippen molar-refractivity contribution in [3.63, 3.8) is 0 Å². The number of methoxy groups -OCH3 is 1. The first-order chi connectivity index (χ1) is 17.8. The second-order valence-electron chi connectivity index (χ2n) is 9.43. The van der Waals surface area contributed by atoms with Gasteiger partial charge in [0.25, 0.3) is 5.91 Å². The summed E-state index contributed by atoms with van der Waals surface area (Å²) in [7, 11) is 1.34. The molecule has 7 nitrogen and oxygen atoms in total. The summed E-state index contributed by atoms with van der Waals surface area (Å²) in [5.41, 5.74) is 0.187. The van der Waals surface area contributed by atoms with E-state index in [4.69, 9.17) is 27.9 Å². The van der Waals surface area contributed by atoms with Crippen LogP contribution in [0, 0.1) is 19.8 Å². The number of amides is 1. The maximum atomic E-state index is 13.4. The van der Waals surface area contributed by atoms with Gasteiger partial charge in [-0.1, -0.05) is 23.2 Å². The fourth-order valence-electron chi connectivity index (χ4n) is 4.82. The lowest BCUT2D eigenvalue weighted by molar-refractivity contribution is -0.142. The van der Waals surface area contributed by atoms with Crippen LogP contribution in [0.5, 0.6) is 0 Å². The van der Waals surface area contributed by atoms with Crippen LogP contribution in [0.2, 0.25) is 10.0 Å². The third-order valence-electron chi connectivity index (χ3n) is 7.00. The van der Waals surface area contributed by atoms with E-state index in [0.717, 1.165) is 16.8 Å². The fraction of sp³-hybridized carbons (Fsp3) is 0.423. The minimum atomic E-state index is -4.54. The van der Waals surface area contributed by atoms with E-state index in [1.54, 1.807) is 4.90 Å². The second kappa shape index (κ2) is 10.7. The lowest BCUT2D eigenvalue weighted by Crippen LogP contribution is -2.39. The molecular formula is C26H26Cl2F3N3O4. The highest BCUT2D eigenvalue weighted by Gasteiger charge is 2.33. The predicted molar refractivity (Wildman–Crippen MR) is 136 cm³/mol. The number of hydrogen-bond acceptors (Lipinski definition) is 5. The number of piperidine rings is 1. The average molecular weight is 572 g/mol. The number of aryl methyl sites for hydroxylation is 2. The number of carbonyl (C=O) groups is 2. The Hall–Kier alpha value is -2.82. The largest absolute Gasteiger partial charge is 0.469 e. The first-order valence-corrected chi connectivity index (χ1v) is 12.7. The molecule has 0 saturated carbocycles. The van der Waals surface area contributed by atoms with Gasteiger partial charge in [0.05, 0.1) is 28.8 Å². The lowest BCUT2D eigenvalue weighted by atomic mass is 9.93. The number of esters is 1. The molecule has 1 atom stereocenters. The normalized spacial score (nSPS) is 15.7. The van der Waals surface area contributed by atoms with Crippen LogP contribution in [0.3, 0.4) is 0 Å². The van der Waals surface area contributed by atoms with E-state index in [1.165, 1.54) is 33.1 Å². The van der Waals surface area contributed by atoms with Crippen molar-refractivity contribution in [3.05, 3.63) is 62.3 Å². The first kappa shape index (κ1) is 28.2. The molecule has 1 aliphatic heterocycles. The Bertz CT molecular complexity index is 1400. The number of aromatic nitrogens is 2. The number of nitrogens with zero attached hydrogens (tertiary/aromatic N) is 3. The van der Waals surface area contributed by atoms with Crippen LogP contribution in [0.15, 0.2) is 24.3 Å². The molecule has 3 aromatic rings. The first-order valence-electron chi connectivity index (χ1n) is 11.9. The Morgan fingerprint density at radius 3 is 2.45 bits per heavy atom. The van der Waals surface area contributed by atoms with Gasteiger partial charge in [-0.15, -0.1) is 0 Å². The number of aliphatic hydroxyl groups excluding tert-OH is 1. The Labute approximate surface area is 227 Å². The standard InChI is InChI=1S/C26H26Cl2F3N3O4/c1-13-10-16(26(29,30)31)12-18-14(2)34(32-23(13)18)25(37)21-19(27)5-4-17(22(21)28)24(36)33-8-6-15(7-9-33)11-20(35)38-3/h4-5,10,12,15,25,37H,6-9,11H2,1-3H3. The van der Waals surface area contributed by atoms with E-state index in [0.29, 0.717) is 37.0 Å². The molecule has 1 saturated heterocycles. The number of aliphatic hydroxyl groups is 1. The summed E-state index contributed by atoms with van der Waals surface area (Å²) >= 11 is 13.0. The van der Waals surface area contributed by atoms with Gasteiger partial charge in [0, 0.05) is 41.2 Å². The Morgan fingerprint density at radius 2 is 1.84 bits per heavy atom. The minimum Gasteiger partial charge on any atom is -0.469 e. The molecule has 0 spiro atoms. The quantitative estimate of drug-likeness (QED) is 0.383. The zero-order valence-electron chi connectivity index (χ0n) is 20.9. The molecule has 0 aliphatic carbocycles. The molecular weight excluding hydrogens is 546 g/mol. The number of halogens is 5. The summed E-state index contributed by atoms with van der Waals surface area (Å²) in [5, 5.41) is 15.8. The Balaban J connectivity index is 1.65. The Morgan fingerprint density at radius 1 is 1.18 bits per heavy atom. The van der Waals surface area contributed by atoms with Gasteiger partial charge in [-0.05, 0) is 62.4 Å². The highest BCUT2D eigenvalue weighted by molar-refractivity contribution is 6.38. The number of likely N-dealkylation sites (tertiary alicyclic amines) is 1. The van der Waals surface area contributed by atoms with E-state index >= 15 is 0 Å². The summed E-state index contributed by atoms with van der Waals surface area (Å²) in [5.74, 6) is -0.534. The summed E-state index contributed by atoms with van der Waals surface area (Å²) in [6.07, 6.45) is -4.56. The molecule has 0 bridgehead atoms. The van der Waals surface area contributed by atoms with Crippen LogP contribution in [0.4, 0.5) is 13.2 Å². The highest BCUT2D eigenvalue weighted by Crippen LogP contribution is 2.38. The second-order valence-corrected chi connectivity index (χ2v) is 10.2. The number of hydrogen-bond donors (Lipinski definition) is 1. The van der Waals surface area contributed by atoms with Gasteiger partial charge in [-0.3, -0.25) is 9.59 Å². The number of rotatable bonds is 5. The van der Waals surface area contributed by atoms with Crippen LogP contribution >= 0.6 is 23.2 Å². The van der Waals surface area contributed by atoms with Crippen molar-refractivity contribution < 1.29 is 32.6 Å².